The van der Waals surface area contributed by atoms with E-state index in [-0.39, 0.29) is 5.70 Å². The predicted octanol–water partition coefficient (Wildman–Crippen LogP) is 0.555. The van der Waals surface area contributed by atoms with Crippen LogP contribution in [-0.2, 0) is 16.6 Å². The maximum atomic E-state index is 12.3. The Balaban J connectivity index is 1.79. The molecule has 122 valence electrons. The van der Waals surface area contributed by atoms with Crippen molar-refractivity contribution in [2.24, 2.45) is 7.05 Å². The number of aromatic nitrogens is 2. The SMILES string of the molecule is CC1=C(C(=O)O)N2C(=O)C(NC(=O)c3c(Br)cnn3C)C2SC1. The van der Waals surface area contributed by atoms with Gasteiger partial charge >= 0.3 is 5.97 Å². The number of fused-ring (bicyclic) bond motifs is 1. The maximum absolute atomic E-state index is 12.3. The number of thioether (sulfide) groups is 1. The first kappa shape index (κ1) is 16.1. The van der Waals surface area contributed by atoms with Crippen molar-refractivity contribution in [2.75, 3.05) is 5.75 Å². The molecule has 2 aliphatic rings. The minimum atomic E-state index is -1.12. The minimum absolute atomic E-state index is 0.0194. The number of hydrogen-bond acceptors (Lipinski definition) is 5. The Labute approximate surface area is 144 Å². The molecular formula is C13H13BrN4O4S. The molecule has 0 saturated carbocycles. The Kier molecular flexibility index (Phi) is 3.96. The first-order chi connectivity index (χ1) is 10.8. The van der Waals surface area contributed by atoms with E-state index in [1.54, 1.807) is 14.0 Å². The van der Waals surface area contributed by atoms with E-state index >= 15 is 0 Å². The van der Waals surface area contributed by atoms with Crippen LogP contribution in [0.4, 0.5) is 0 Å². The summed E-state index contributed by atoms with van der Waals surface area (Å²) in [4.78, 5) is 37.2. The number of nitrogens with one attached hydrogen (secondary N) is 1. The highest BCUT2D eigenvalue weighted by molar-refractivity contribution is 9.10. The number of aliphatic carboxylic acids is 1. The highest BCUT2D eigenvalue weighted by Gasteiger charge is 2.53. The van der Waals surface area contributed by atoms with Crippen LogP contribution in [0, 0.1) is 0 Å². The molecule has 2 N–H and O–H groups in total. The summed E-state index contributed by atoms with van der Waals surface area (Å²) < 4.78 is 1.93. The molecule has 8 nitrogen and oxygen atoms in total. The molecule has 0 radical (unpaired) electrons. The lowest BCUT2D eigenvalue weighted by Crippen LogP contribution is -2.70. The number of halogens is 1. The number of carboxylic acid groups (broad SMARTS) is 1. The summed E-state index contributed by atoms with van der Waals surface area (Å²) in [5, 5.41) is 15.5. The minimum Gasteiger partial charge on any atom is -0.477 e. The molecule has 2 amide bonds. The zero-order valence-corrected chi connectivity index (χ0v) is 14.6. The Bertz CT molecular complexity index is 740. The van der Waals surface area contributed by atoms with Crippen molar-refractivity contribution in [1.82, 2.24) is 20.0 Å². The smallest absolute Gasteiger partial charge is 0.352 e. The molecule has 3 heterocycles. The number of carbonyl (C=O) groups is 3. The van der Waals surface area contributed by atoms with E-state index in [9.17, 15) is 19.5 Å². The summed E-state index contributed by atoms with van der Waals surface area (Å²) >= 11 is 4.67. The van der Waals surface area contributed by atoms with Crippen LogP contribution in [0.15, 0.2) is 21.9 Å². The highest BCUT2D eigenvalue weighted by Crippen LogP contribution is 2.40. The fourth-order valence-electron chi connectivity index (χ4n) is 2.65. The van der Waals surface area contributed by atoms with Gasteiger partial charge in [0.25, 0.3) is 11.8 Å². The van der Waals surface area contributed by atoms with Crippen LogP contribution in [0.5, 0.6) is 0 Å². The number of nitrogens with zero attached hydrogens (tertiary/aromatic N) is 3. The second kappa shape index (κ2) is 5.68. The molecule has 2 atom stereocenters. The van der Waals surface area contributed by atoms with Gasteiger partial charge in [0.05, 0.1) is 10.7 Å². The zero-order valence-electron chi connectivity index (χ0n) is 12.2. The highest BCUT2D eigenvalue weighted by atomic mass is 79.9. The molecule has 0 bridgehead atoms. The predicted molar refractivity (Wildman–Crippen MR) is 85.6 cm³/mol. The van der Waals surface area contributed by atoms with Gasteiger partial charge in [-0.25, -0.2) is 4.79 Å². The second-order valence-corrected chi connectivity index (χ2v) is 7.22. The molecule has 1 fully saturated rings. The third-order valence-electron chi connectivity index (χ3n) is 3.76. The van der Waals surface area contributed by atoms with Crippen molar-refractivity contribution in [1.29, 1.82) is 0 Å². The topological polar surface area (TPSA) is 105 Å². The number of carboxylic acids is 1. The Hall–Kier alpha value is -1.81. The summed E-state index contributed by atoms with van der Waals surface area (Å²) in [6, 6.07) is -0.739. The molecule has 1 aromatic rings. The van der Waals surface area contributed by atoms with Gasteiger partial charge in [0.15, 0.2) is 0 Å². The second-order valence-electron chi connectivity index (χ2n) is 5.26. The molecule has 3 rings (SSSR count). The maximum Gasteiger partial charge on any atom is 0.352 e. The lowest BCUT2D eigenvalue weighted by Gasteiger charge is -2.49. The molecule has 1 aromatic heterocycles. The van der Waals surface area contributed by atoms with Gasteiger partial charge in [-0.05, 0) is 28.4 Å². The van der Waals surface area contributed by atoms with Crippen LogP contribution < -0.4 is 5.32 Å². The van der Waals surface area contributed by atoms with Gasteiger partial charge in [-0.1, -0.05) is 0 Å². The van der Waals surface area contributed by atoms with Crippen LogP contribution >= 0.6 is 27.7 Å². The Morgan fingerprint density at radius 3 is 2.78 bits per heavy atom. The number of rotatable bonds is 3. The van der Waals surface area contributed by atoms with E-state index in [0.29, 0.717) is 21.5 Å². The molecular weight excluding hydrogens is 388 g/mol. The van der Waals surface area contributed by atoms with Crippen LogP contribution in [0.3, 0.4) is 0 Å². The summed E-state index contributed by atoms with van der Waals surface area (Å²) in [5.41, 5.74) is 0.972. The molecule has 2 aliphatic heterocycles. The van der Waals surface area contributed by atoms with Gasteiger partial charge in [0.1, 0.15) is 22.8 Å². The van der Waals surface area contributed by atoms with Crippen molar-refractivity contribution in [2.45, 2.75) is 18.3 Å². The first-order valence-corrected chi connectivity index (χ1v) is 8.53. The quantitative estimate of drug-likeness (QED) is 0.718. The van der Waals surface area contributed by atoms with Gasteiger partial charge in [0.2, 0.25) is 0 Å². The average Bonchev–Trinajstić information content (AvgIpc) is 2.83. The largest absolute Gasteiger partial charge is 0.477 e. The molecule has 0 aliphatic carbocycles. The van der Waals surface area contributed by atoms with Crippen molar-refractivity contribution in [3.8, 4) is 0 Å². The fraction of sp³-hybridized carbons (Fsp3) is 0.385. The number of β-lactam (4-membered cyclic amide) rings is 1. The van der Waals surface area contributed by atoms with E-state index in [4.69, 9.17) is 0 Å². The number of amides is 2. The van der Waals surface area contributed by atoms with Crippen LogP contribution in [0.25, 0.3) is 0 Å². The van der Waals surface area contributed by atoms with Crippen LogP contribution in [-0.4, -0.2) is 54.7 Å². The third-order valence-corrected chi connectivity index (χ3v) is 5.76. The van der Waals surface area contributed by atoms with Crippen molar-refractivity contribution in [3.63, 3.8) is 0 Å². The monoisotopic (exact) mass is 400 g/mol. The third kappa shape index (κ3) is 2.45. The Morgan fingerprint density at radius 2 is 2.22 bits per heavy atom. The van der Waals surface area contributed by atoms with Crippen LogP contribution in [0.2, 0.25) is 0 Å². The van der Waals surface area contributed by atoms with E-state index < -0.39 is 29.2 Å². The van der Waals surface area contributed by atoms with Gasteiger partial charge in [-0.15, -0.1) is 11.8 Å². The summed E-state index contributed by atoms with van der Waals surface area (Å²) in [6.45, 7) is 1.69. The van der Waals surface area contributed by atoms with Gasteiger partial charge in [0, 0.05) is 12.8 Å². The molecule has 2 unspecified atom stereocenters. The van der Waals surface area contributed by atoms with E-state index in [1.165, 1.54) is 27.5 Å². The molecule has 23 heavy (non-hydrogen) atoms. The summed E-state index contributed by atoms with van der Waals surface area (Å²) in [6.07, 6.45) is 1.49. The lowest BCUT2D eigenvalue weighted by atomic mass is 10.0. The van der Waals surface area contributed by atoms with E-state index in [0.717, 1.165) is 0 Å². The van der Waals surface area contributed by atoms with E-state index in [1.807, 2.05) is 0 Å². The van der Waals surface area contributed by atoms with Crippen LogP contribution in [0.1, 0.15) is 17.4 Å². The number of carbonyl (C=O) groups excluding carboxylic acids is 2. The molecule has 1 saturated heterocycles. The first-order valence-electron chi connectivity index (χ1n) is 6.69. The molecule has 0 spiro atoms. The van der Waals surface area contributed by atoms with Crippen molar-refractivity contribution in [3.05, 3.63) is 27.6 Å². The number of aryl methyl sites for hydroxylation is 1. The van der Waals surface area contributed by atoms with Crippen molar-refractivity contribution < 1.29 is 19.5 Å². The lowest BCUT2D eigenvalue weighted by molar-refractivity contribution is -0.148. The zero-order chi connectivity index (χ0) is 16.9. The fourth-order valence-corrected chi connectivity index (χ4v) is 4.47. The Morgan fingerprint density at radius 1 is 1.52 bits per heavy atom. The standard InChI is InChI=1S/C13H13BrN4O4S/c1-5-4-23-12-7(11(20)18(12)8(5)13(21)22)16-10(19)9-6(14)3-15-17(9)2/h3,7,12H,4H2,1-2H3,(H,16,19)(H,21,22). The number of hydrogen-bond donors (Lipinski definition) is 2. The molecule has 10 heteroatoms. The summed E-state index contributed by atoms with van der Waals surface area (Å²) in [7, 11) is 1.62. The van der Waals surface area contributed by atoms with Gasteiger partial charge in [-0.2, -0.15) is 5.10 Å². The van der Waals surface area contributed by atoms with Crippen molar-refractivity contribution >= 4 is 45.5 Å². The van der Waals surface area contributed by atoms with Gasteiger partial charge < -0.3 is 10.4 Å². The van der Waals surface area contributed by atoms with E-state index in [2.05, 4.69) is 26.3 Å². The molecule has 0 aromatic carbocycles. The van der Waals surface area contributed by atoms with Gasteiger partial charge in [-0.3, -0.25) is 19.2 Å². The average molecular weight is 401 g/mol. The summed E-state index contributed by atoms with van der Waals surface area (Å²) in [5.74, 6) is -1.46. The normalized spacial score (nSPS) is 23.4.